The lowest BCUT2D eigenvalue weighted by Crippen LogP contribution is -2.40. The number of hydrogen-bond acceptors (Lipinski definition) is 2. The number of rotatable bonds is 5. The van der Waals surface area contributed by atoms with E-state index in [-0.39, 0.29) is 12.2 Å². The summed E-state index contributed by atoms with van der Waals surface area (Å²) in [5, 5.41) is 5.05. The fraction of sp³-hybridized carbons (Fsp3) is 0.333. The van der Waals surface area contributed by atoms with Gasteiger partial charge in [-0.1, -0.05) is 6.08 Å². The van der Waals surface area contributed by atoms with Gasteiger partial charge in [-0.05, 0) is 37.1 Å². The maximum absolute atomic E-state index is 12.5. The minimum Gasteiger partial charge on any atom is -0.352 e. The van der Waals surface area contributed by atoms with E-state index in [2.05, 4.69) is 17.2 Å². The van der Waals surface area contributed by atoms with E-state index in [9.17, 15) is 22.8 Å². The van der Waals surface area contributed by atoms with Crippen molar-refractivity contribution in [3.05, 3.63) is 42.5 Å². The van der Waals surface area contributed by atoms with Crippen molar-refractivity contribution >= 4 is 17.5 Å². The third-order valence-electron chi connectivity index (χ3n) is 3.50. The third-order valence-corrected chi connectivity index (χ3v) is 3.50. The zero-order valence-electron chi connectivity index (χ0n) is 11.7. The predicted molar refractivity (Wildman–Crippen MR) is 74.9 cm³/mol. The molecular weight excluding hydrogens is 297 g/mol. The second-order valence-corrected chi connectivity index (χ2v) is 5.11. The summed E-state index contributed by atoms with van der Waals surface area (Å²) in [5.41, 5.74) is -1.69. The number of nitrogens with one attached hydrogen (secondary N) is 2. The maximum Gasteiger partial charge on any atom is 0.416 e. The van der Waals surface area contributed by atoms with Crippen LogP contribution in [0.1, 0.15) is 18.4 Å². The third kappa shape index (κ3) is 3.29. The van der Waals surface area contributed by atoms with Crippen molar-refractivity contribution in [2.75, 3.05) is 11.9 Å². The highest BCUT2D eigenvalue weighted by molar-refractivity contribution is 6.13. The van der Waals surface area contributed by atoms with E-state index in [4.69, 9.17) is 0 Å². The summed E-state index contributed by atoms with van der Waals surface area (Å²) in [7, 11) is 0. The molecule has 0 radical (unpaired) electrons. The minimum atomic E-state index is -4.43. The van der Waals surface area contributed by atoms with Gasteiger partial charge in [0.1, 0.15) is 5.41 Å². The first-order valence-corrected chi connectivity index (χ1v) is 6.67. The fourth-order valence-corrected chi connectivity index (χ4v) is 2.01. The van der Waals surface area contributed by atoms with E-state index in [0.717, 1.165) is 12.1 Å². The van der Waals surface area contributed by atoms with Crippen LogP contribution in [0.3, 0.4) is 0 Å². The Bertz CT molecular complexity index is 590. The molecule has 0 aliphatic heterocycles. The zero-order valence-corrected chi connectivity index (χ0v) is 11.7. The van der Waals surface area contributed by atoms with Gasteiger partial charge in [0.25, 0.3) is 0 Å². The monoisotopic (exact) mass is 312 g/mol. The van der Waals surface area contributed by atoms with Gasteiger partial charge >= 0.3 is 6.18 Å². The molecule has 7 heteroatoms. The summed E-state index contributed by atoms with van der Waals surface area (Å²) in [6.45, 7) is 3.73. The standard InChI is InChI=1S/C15H15F3N2O2/c1-2-9-19-12(21)14(7-8-14)13(22)20-11-5-3-10(4-6-11)15(16,17)18/h2-6H,1,7-9H2,(H,19,21)(H,20,22). The lowest BCUT2D eigenvalue weighted by Gasteiger charge is -2.15. The summed E-state index contributed by atoms with van der Waals surface area (Å²) in [6, 6.07) is 4.09. The van der Waals surface area contributed by atoms with Crippen molar-refractivity contribution < 1.29 is 22.8 Å². The average molecular weight is 312 g/mol. The van der Waals surface area contributed by atoms with Crippen LogP contribution < -0.4 is 10.6 Å². The molecule has 0 spiro atoms. The number of alkyl halides is 3. The molecule has 1 saturated carbocycles. The highest BCUT2D eigenvalue weighted by atomic mass is 19.4. The van der Waals surface area contributed by atoms with Gasteiger partial charge in [0, 0.05) is 12.2 Å². The molecule has 0 heterocycles. The Morgan fingerprint density at radius 3 is 2.23 bits per heavy atom. The van der Waals surface area contributed by atoms with Crippen LogP contribution in [0.2, 0.25) is 0 Å². The van der Waals surface area contributed by atoms with E-state index >= 15 is 0 Å². The van der Waals surface area contributed by atoms with Crippen LogP contribution in [0.5, 0.6) is 0 Å². The molecule has 1 aromatic carbocycles. The molecule has 4 nitrogen and oxygen atoms in total. The topological polar surface area (TPSA) is 58.2 Å². The van der Waals surface area contributed by atoms with Gasteiger partial charge in [0.2, 0.25) is 11.8 Å². The molecule has 1 aliphatic carbocycles. The van der Waals surface area contributed by atoms with E-state index in [1.54, 1.807) is 0 Å². The quantitative estimate of drug-likeness (QED) is 0.649. The molecule has 1 fully saturated rings. The Labute approximate surface area is 125 Å². The molecule has 2 amide bonds. The van der Waals surface area contributed by atoms with Gasteiger partial charge < -0.3 is 10.6 Å². The van der Waals surface area contributed by atoms with Crippen molar-refractivity contribution in [2.24, 2.45) is 5.41 Å². The first-order valence-electron chi connectivity index (χ1n) is 6.67. The molecule has 0 unspecified atom stereocenters. The normalized spacial score (nSPS) is 15.8. The SMILES string of the molecule is C=CCNC(=O)C1(C(=O)Nc2ccc(C(F)(F)F)cc2)CC1. The number of carbonyl (C=O) groups is 2. The van der Waals surface area contributed by atoms with E-state index < -0.39 is 29.0 Å². The maximum atomic E-state index is 12.5. The Kier molecular flexibility index (Phi) is 4.25. The molecular formula is C15H15F3N2O2. The van der Waals surface area contributed by atoms with Gasteiger partial charge in [-0.25, -0.2) is 0 Å². The summed E-state index contributed by atoms with van der Waals surface area (Å²) >= 11 is 0. The first-order chi connectivity index (χ1) is 10.3. The zero-order chi connectivity index (χ0) is 16.4. The molecule has 2 N–H and O–H groups in total. The minimum absolute atomic E-state index is 0.223. The summed E-state index contributed by atoms with van der Waals surface area (Å²) < 4.78 is 37.4. The Morgan fingerprint density at radius 2 is 1.77 bits per heavy atom. The summed E-state index contributed by atoms with van der Waals surface area (Å²) in [5.74, 6) is -0.898. The molecule has 0 aromatic heterocycles. The molecule has 0 atom stereocenters. The predicted octanol–water partition coefficient (Wildman–Crippen LogP) is 2.73. The number of anilines is 1. The van der Waals surface area contributed by atoms with Gasteiger partial charge in [-0.3, -0.25) is 9.59 Å². The van der Waals surface area contributed by atoms with E-state index in [0.29, 0.717) is 12.8 Å². The van der Waals surface area contributed by atoms with Crippen molar-refractivity contribution in [1.29, 1.82) is 0 Å². The van der Waals surface area contributed by atoms with Crippen LogP contribution in [0.4, 0.5) is 18.9 Å². The molecule has 118 valence electrons. The van der Waals surface area contributed by atoms with Crippen LogP contribution in [-0.2, 0) is 15.8 Å². The fourth-order valence-electron chi connectivity index (χ4n) is 2.01. The number of amides is 2. The highest BCUT2D eigenvalue weighted by Crippen LogP contribution is 2.46. The Balaban J connectivity index is 2.03. The van der Waals surface area contributed by atoms with Crippen molar-refractivity contribution in [3.8, 4) is 0 Å². The second-order valence-electron chi connectivity index (χ2n) is 5.11. The second kappa shape index (κ2) is 5.82. The number of hydrogen-bond donors (Lipinski definition) is 2. The number of halogens is 3. The van der Waals surface area contributed by atoms with E-state index in [1.165, 1.54) is 18.2 Å². The molecule has 0 bridgehead atoms. The lowest BCUT2D eigenvalue weighted by atomic mass is 10.0. The van der Waals surface area contributed by atoms with Crippen molar-refractivity contribution in [2.45, 2.75) is 19.0 Å². The van der Waals surface area contributed by atoms with Crippen LogP contribution in [0.25, 0.3) is 0 Å². The lowest BCUT2D eigenvalue weighted by molar-refractivity contribution is -0.137. The van der Waals surface area contributed by atoms with Crippen LogP contribution in [-0.4, -0.2) is 18.4 Å². The van der Waals surface area contributed by atoms with Crippen LogP contribution in [0.15, 0.2) is 36.9 Å². The van der Waals surface area contributed by atoms with Gasteiger partial charge in [-0.15, -0.1) is 6.58 Å². The van der Waals surface area contributed by atoms with Crippen LogP contribution >= 0.6 is 0 Å². The Hall–Kier alpha value is -2.31. The van der Waals surface area contributed by atoms with Gasteiger partial charge in [0.05, 0.1) is 5.56 Å². The number of benzene rings is 1. The molecule has 22 heavy (non-hydrogen) atoms. The van der Waals surface area contributed by atoms with Gasteiger partial charge in [0.15, 0.2) is 0 Å². The number of carbonyl (C=O) groups excluding carboxylic acids is 2. The largest absolute Gasteiger partial charge is 0.416 e. The average Bonchev–Trinajstić information content (AvgIpc) is 3.26. The summed E-state index contributed by atoms with van der Waals surface area (Å²) in [6.07, 6.45) is -2.09. The summed E-state index contributed by atoms with van der Waals surface area (Å²) in [4.78, 5) is 24.1. The molecule has 1 aliphatic rings. The van der Waals surface area contributed by atoms with Gasteiger partial charge in [-0.2, -0.15) is 13.2 Å². The van der Waals surface area contributed by atoms with Crippen molar-refractivity contribution in [3.63, 3.8) is 0 Å². The molecule has 1 aromatic rings. The van der Waals surface area contributed by atoms with Crippen LogP contribution in [0, 0.1) is 5.41 Å². The molecule has 2 rings (SSSR count). The van der Waals surface area contributed by atoms with Crippen molar-refractivity contribution in [1.82, 2.24) is 5.32 Å². The smallest absolute Gasteiger partial charge is 0.352 e. The highest BCUT2D eigenvalue weighted by Gasteiger charge is 2.56. The Morgan fingerprint density at radius 1 is 1.18 bits per heavy atom. The first kappa shape index (κ1) is 16.1. The molecule has 0 saturated heterocycles. The van der Waals surface area contributed by atoms with E-state index in [1.807, 2.05) is 0 Å².